The molecule has 3 N–H and O–H groups in total. The number of halogens is 4. The first-order valence-electron chi connectivity index (χ1n) is 8.72. The zero-order valence-electron chi connectivity index (χ0n) is 15.4. The van der Waals surface area contributed by atoms with Crippen LogP contribution in [0.5, 0.6) is 0 Å². The second-order valence-corrected chi connectivity index (χ2v) is 6.84. The van der Waals surface area contributed by atoms with E-state index in [0.717, 1.165) is 24.3 Å². The maximum absolute atomic E-state index is 12.9. The third-order valence-electron chi connectivity index (χ3n) is 4.42. The first-order valence-corrected chi connectivity index (χ1v) is 9.10. The molecule has 0 amide bonds. The molecule has 30 heavy (non-hydrogen) atoms. The maximum atomic E-state index is 12.9. The maximum Gasteiger partial charge on any atom is 0.416 e. The van der Waals surface area contributed by atoms with Gasteiger partial charge < -0.3 is 10.2 Å². The van der Waals surface area contributed by atoms with Gasteiger partial charge in [0, 0.05) is 28.5 Å². The first-order chi connectivity index (χ1) is 14.2. The van der Waals surface area contributed by atoms with Crippen molar-refractivity contribution < 1.29 is 23.4 Å². The van der Waals surface area contributed by atoms with Crippen LogP contribution in [0.2, 0.25) is 5.02 Å². The van der Waals surface area contributed by atoms with Gasteiger partial charge in [-0.3, -0.25) is 10.4 Å². The molecule has 3 rings (SSSR count). The Morgan fingerprint density at radius 3 is 2.10 bits per heavy atom. The van der Waals surface area contributed by atoms with E-state index >= 15 is 0 Å². The molecule has 1 unspecified atom stereocenters. The van der Waals surface area contributed by atoms with Crippen molar-refractivity contribution in [3.63, 3.8) is 0 Å². The van der Waals surface area contributed by atoms with Crippen LogP contribution in [0.3, 0.4) is 0 Å². The Labute approximate surface area is 175 Å². The minimum Gasteiger partial charge on any atom is -0.507 e. The molecule has 0 fully saturated rings. The molecule has 2 aromatic carbocycles. The molecule has 1 heterocycles. The summed E-state index contributed by atoms with van der Waals surface area (Å²) in [6.07, 6.45) is -3.08. The summed E-state index contributed by atoms with van der Waals surface area (Å²) in [7, 11) is 0. The minimum absolute atomic E-state index is 0.0986. The third-order valence-corrected chi connectivity index (χ3v) is 4.67. The van der Waals surface area contributed by atoms with Crippen molar-refractivity contribution in [2.75, 3.05) is 0 Å². The number of aliphatic hydroxyl groups is 2. The quantitative estimate of drug-likeness (QED) is 0.351. The number of aliphatic hydroxyl groups excluding tert-OH is 2. The highest BCUT2D eigenvalue weighted by Gasteiger charge is 2.31. The number of hydrogen-bond acceptors (Lipinski definition) is 4. The van der Waals surface area contributed by atoms with E-state index < -0.39 is 23.6 Å². The third kappa shape index (κ3) is 4.69. The molecule has 0 bridgehead atoms. The summed E-state index contributed by atoms with van der Waals surface area (Å²) in [5, 5.41) is 30.7. The van der Waals surface area contributed by atoms with E-state index in [2.05, 4.69) is 4.98 Å². The summed E-state index contributed by atoms with van der Waals surface area (Å²) >= 11 is 5.87. The van der Waals surface area contributed by atoms with Crippen LogP contribution in [0.15, 0.2) is 78.6 Å². The summed E-state index contributed by atoms with van der Waals surface area (Å²) in [6, 6.07) is 13.2. The number of alkyl halides is 3. The number of hydrogen-bond donors (Lipinski definition) is 3. The van der Waals surface area contributed by atoms with Crippen molar-refractivity contribution >= 4 is 23.1 Å². The Hall–Kier alpha value is -3.16. The molecule has 0 spiro atoms. The molecule has 4 nitrogen and oxygen atoms in total. The fraction of sp³-hybridized carbons (Fsp3) is 0.0909. The highest BCUT2D eigenvalue weighted by atomic mass is 35.5. The smallest absolute Gasteiger partial charge is 0.416 e. The second-order valence-electron chi connectivity index (χ2n) is 6.41. The summed E-state index contributed by atoms with van der Waals surface area (Å²) in [5.74, 6) is -0.395. The van der Waals surface area contributed by atoms with E-state index in [1.807, 2.05) is 0 Å². The normalized spacial score (nSPS) is 13.5. The van der Waals surface area contributed by atoms with Crippen molar-refractivity contribution in [2.45, 2.75) is 12.3 Å². The van der Waals surface area contributed by atoms with Gasteiger partial charge in [0.15, 0.2) is 0 Å². The zero-order valence-corrected chi connectivity index (χ0v) is 16.1. The van der Waals surface area contributed by atoms with Crippen LogP contribution in [0, 0.1) is 5.41 Å². The topological polar surface area (TPSA) is 77.2 Å². The number of nitrogens with one attached hydrogen (secondary N) is 1. The Balaban J connectivity index is 2.10. The summed E-state index contributed by atoms with van der Waals surface area (Å²) in [6.45, 7) is 0. The fourth-order valence-corrected chi connectivity index (χ4v) is 2.96. The molecule has 1 atom stereocenters. The van der Waals surface area contributed by atoms with E-state index in [-0.39, 0.29) is 22.4 Å². The number of rotatable bonds is 5. The van der Waals surface area contributed by atoms with Gasteiger partial charge in [0.2, 0.25) is 0 Å². The highest BCUT2D eigenvalue weighted by Crippen LogP contribution is 2.33. The van der Waals surface area contributed by atoms with Crippen LogP contribution in [0.25, 0.3) is 5.76 Å². The van der Waals surface area contributed by atoms with Crippen molar-refractivity contribution in [1.82, 2.24) is 4.98 Å². The van der Waals surface area contributed by atoms with Crippen LogP contribution >= 0.6 is 11.6 Å². The van der Waals surface area contributed by atoms with Crippen LogP contribution < -0.4 is 0 Å². The lowest BCUT2D eigenvalue weighted by Crippen LogP contribution is -2.15. The monoisotopic (exact) mass is 432 g/mol. The number of benzene rings is 2. The highest BCUT2D eigenvalue weighted by molar-refractivity contribution is 6.30. The standard InChI is InChI=1S/C22H16ClF3N2O2/c23-17-9-5-14(6-10-17)20(29)18(21(30)15-2-1-11-28-12-15)19(27)13-3-7-16(8-4-13)22(24,25)26/h1-12,21,27,29-30H/b20-18+,27-19?. The van der Waals surface area contributed by atoms with Crippen molar-refractivity contribution in [2.24, 2.45) is 0 Å². The van der Waals surface area contributed by atoms with Crippen LogP contribution in [-0.2, 0) is 6.18 Å². The molecule has 0 radical (unpaired) electrons. The Morgan fingerprint density at radius 1 is 0.967 bits per heavy atom. The van der Waals surface area contributed by atoms with Crippen molar-refractivity contribution in [1.29, 1.82) is 5.41 Å². The van der Waals surface area contributed by atoms with E-state index in [9.17, 15) is 23.4 Å². The molecule has 154 valence electrons. The molecule has 8 heteroatoms. The second kappa shape index (κ2) is 8.69. The summed E-state index contributed by atoms with van der Waals surface area (Å²) < 4.78 is 38.6. The Bertz CT molecular complexity index is 1060. The zero-order chi connectivity index (χ0) is 21.9. The molecular formula is C22H16ClF3N2O2. The Morgan fingerprint density at radius 2 is 1.57 bits per heavy atom. The molecule has 0 aliphatic heterocycles. The van der Waals surface area contributed by atoms with Gasteiger partial charge in [0.05, 0.1) is 16.8 Å². The number of aromatic nitrogens is 1. The predicted molar refractivity (Wildman–Crippen MR) is 108 cm³/mol. The largest absolute Gasteiger partial charge is 0.507 e. The van der Waals surface area contributed by atoms with Gasteiger partial charge in [0.1, 0.15) is 11.9 Å². The predicted octanol–water partition coefficient (Wildman–Crippen LogP) is 5.82. The van der Waals surface area contributed by atoms with Crippen molar-refractivity contribution in [3.05, 3.63) is 106 Å². The van der Waals surface area contributed by atoms with E-state index in [0.29, 0.717) is 10.6 Å². The van der Waals surface area contributed by atoms with E-state index in [4.69, 9.17) is 17.0 Å². The molecule has 3 aromatic rings. The van der Waals surface area contributed by atoms with Gasteiger partial charge in [0.25, 0.3) is 0 Å². The van der Waals surface area contributed by atoms with E-state index in [1.54, 1.807) is 12.1 Å². The fourth-order valence-electron chi connectivity index (χ4n) is 2.83. The molecule has 0 aliphatic rings. The number of pyridine rings is 1. The van der Waals surface area contributed by atoms with Gasteiger partial charge in [-0.2, -0.15) is 13.2 Å². The molecule has 0 saturated heterocycles. The molecule has 0 aliphatic carbocycles. The lowest BCUT2D eigenvalue weighted by Gasteiger charge is -2.19. The van der Waals surface area contributed by atoms with Crippen LogP contribution in [-0.4, -0.2) is 20.9 Å². The van der Waals surface area contributed by atoms with Gasteiger partial charge in [-0.15, -0.1) is 0 Å². The van der Waals surface area contributed by atoms with Crippen LogP contribution in [0.4, 0.5) is 13.2 Å². The van der Waals surface area contributed by atoms with E-state index in [1.165, 1.54) is 36.7 Å². The summed E-state index contributed by atoms with van der Waals surface area (Å²) in [5.41, 5.74) is -0.669. The molecule has 0 saturated carbocycles. The minimum atomic E-state index is -4.51. The number of nitrogens with zero attached hydrogens (tertiary/aromatic N) is 1. The average Bonchev–Trinajstić information content (AvgIpc) is 2.74. The summed E-state index contributed by atoms with van der Waals surface area (Å²) in [4.78, 5) is 3.93. The van der Waals surface area contributed by atoms with Gasteiger partial charge >= 0.3 is 6.18 Å². The lowest BCUT2D eigenvalue weighted by atomic mass is 9.91. The molecular weight excluding hydrogens is 417 g/mol. The van der Waals surface area contributed by atoms with Gasteiger partial charge in [-0.25, -0.2) is 0 Å². The molecule has 1 aromatic heterocycles. The van der Waals surface area contributed by atoms with Gasteiger partial charge in [-0.1, -0.05) is 29.8 Å². The first kappa shape index (κ1) is 21.5. The SMILES string of the molecule is N=C(/C(=C(\O)c1ccc(Cl)cc1)C(O)c1cccnc1)c1ccc(C(F)(F)F)cc1. The lowest BCUT2D eigenvalue weighted by molar-refractivity contribution is -0.137. The van der Waals surface area contributed by atoms with Crippen molar-refractivity contribution in [3.8, 4) is 0 Å². The van der Waals surface area contributed by atoms with Crippen LogP contribution in [0.1, 0.15) is 28.4 Å². The average molecular weight is 433 g/mol. The Kier molecular flexibility index (Phi) is 6.24. The van der Waals surface area contributed by atoms with Gasteiger partial charge in [-0.05, 0) is 48.0 Å².